The highest BCUT2D eigenvalue weighted by atomic mass is 15.1. The van der Waals surface area contributed by atoms with E-state index in [2.05, 4.69) is 36.5 Å². The molecule has 0 aliphatic carbocycles. The zero-order chi connectivity index (χ0) is 15.5. The van der Waals surface area contributed by atoms with E-state index in [0.717, 1.165) is 27.7 Å². The number of hydrogen-bond acceptors (Lipinski definition) is 5. The van der Waals surface area contributed by atoms with Crippen LogP contribution in [0.3, 0.4) is 0 Å². The summed E-state index contributed by atoms with van der Waals surface area (Å²) in [5.74, 6) is 0.596. The van der Waals surface area contributed by atoms with Crippen molar-refractivity contribution in [1.82, 2.24) is 25.1 Å². The largest absolute Gasteiger partial charge is 0.350 e. The van der Waals surface area contributed by atoms with Crippen molar-refractivity contribution in [1.29, 1.82) is 0 Å². The first-order valence-electron chi connectivity index (χ1n) is 7.28. The fraction of sp³-hybridized carbons (Fsp3) is 0.0588. The van der Waals surface area contributed by atoms with Crippen molar-refractivity contribution in [2.24, 2.45) is 0 Å². The first-order chi connectivity index (χ1) is 11.4. The average Bonchev–Trinajstić information content (AvgIpc) is 3.09. The molecule has 3 heterocycles. The van der Waals surface area contributed by atoms with E-state index in [-0.39, 0.29) is 0 Å². The van der Waals surface area contributed by atoms with Crippen LogP contribution >= 0.6 is 0 Å². The molecule has 0 fully saturated rings. The fourth-order valence-electron chi connectivity index (χ4n) is 2.39. The molecule has 0 saturated carbocycles. The molecule has 0 atom stereocenters. The van der Waals surface area contributed by atoms with Crippen molar-refractivity contribution in [2.75, 3.05) is 5.32 Å². The average molecular weight is 302 g/mol. The zero-order valence-electron chi connectivity index (χ0n) is 12.3. The van der Waals surface area contributed by atoms with Crippen molar-refractivity contribution in [3.63, 3.8) is 0 Å². The van der Waals surface area contributed by atoms with Crippen molar-refractivity contribution in [3.05, 3.63) is 66.7 Å². The normalized spacial score (nSPS) is 10.8. The second-order valence-electron chi connectivity index (χ2n) is 5.15. The summed E-state index contributed by atoms with van der Waals surface area (Å²) in [6.07, 6.45) is 7.14. The third kappa shape index (κ3) is 2.87. The van der Waals surface area contributed by atoms with Crippen LogP contribution in [-0.2, 0) is 6.54 Å². The minimum atomic E-state index is 0.596. The van der Waals surface area contributed by atoms with Gasteiger partial charge in [0, 0.05) is 36.1 Å². The summed E-state index contributed by atoms with van der Waals surface area (Å²) in [7, 11) is 0. The number of hydrogen-bond donors (Lipinski definition) is 2. The van der Waals surface area contributed by atoms with Gasteiger partial charge in [0.15, 0.2) is 0 Å². The SMILES string of the molecule is c1cncc(CNc2nccc(-c3ccc4[nH]ncc4c3)n2)c1. The monoisotopic (exact) mass is 302 g/mol. The summed E-state index contributed by atoms with van der Waals surface area (Å²) in [4.78, 5) is 12.9. The van der Waals surface area contributed by atoms with Gasteiger partial charge in [-0.3, -0.25) is 10.1 Å². The highest BCUT2D eigenvalue weighted by molar-refractivity contribution is 5.83. The van der Waals surface area contributed by atoms with E-state index in [0.29, 0.717) is 12.5 Å². The smallest absolute Gasteiger partial charge is 0.223 e. The van der Waals surface area contributed by atoms with Gasteiger partial charge in [-0.05, 0) is 29.8 Å². The van der Waals surface area contributed by atoms with Crippen LogP contribution < -0.4 is 5.32 Å². The van der Waals surface area contributed by atoms with Gasteiger partial charge < -0.3 is 5.32 Å². The molecule has 6 nitrogen and oxygen atoms in total. The molecule has 0 spiro atoms. The number of aromatic nitrogens is 5. The van der Waals surface area contributed by atoms with Crippen LogP contribution in [-0.4, -0.2) is 25.1 Å². The lowest BCUT2D eigenvalue weighted by molar-refractivity contribution is 1.04. The van der Waals surface area contributed by atoms with E-state index in [1.807, 2.05) is 42.7 Å². The molecule has 6 heteroatoms. The Labute approximate surface area is 132 Å². The number of nitrogens with zero attached hydrogens (tertiary/aromatic N) is 4. The number of pyridine rings is 1. The molecule has 2 N–H and O–H groups in total. The van der Waals surface area contributed by atoms with Gasteiger partial charge in [0.05, 0.1) is 17.4 Å². The maximum absolute atomic E-state index is 4.58. The summed E-state index contributed by atoms with van der Waals surface area (Å²) in [6, 6.07) is 11.9. The minimum absolute atomic E-state index is 0.596. The molecule has 23 heavy (non-hydrogen) atoms. The highest BCUT2D eigenvalue weighted by Crippen LogP contribution is 2.22. The number of anilines is 1. The molecule has 1 aromatic carbocycles. The molecule has 0 radical (unpaired) electrons. The lowest BCUT2D eigenvalue weighted by Gasteiger charge is -2.06. The Kier molecular flexibility index (Phi) is 3.40. The molecule has 4 rings (SSSR count). The number of aromatic amines is 1. The lowest BCUT2D eigenvalue weighted by Crippen LogP contribution is -2.04. The lowest BCUT2D eigenvalue weighted by atomic mass is 10.1. The Morgan fingerprint density at radius 1 is 1.04 bits per heavy atom. The van der Waals surface area contributed by atoms with E-state index < -0.39 is 0 Å². The Balaban J connectivity index is 1.58. The molecular formula is C17H14N6. The van der Waals surface area contributed by atoms with Gasteiger partial charge in [-0.15, -0.1) is 0 Å². The van der Waals surface area contributed by atoms with Gasteiger partial charge in [0.25, 0.3) is 0 Å². The molecule has 0 amide bonds. The third-order valence-corrected chi connectivity index (χ3v) is 3.56. The highest BCUT2D eigenvalue weighted by Gasteiger charge is 2.04. The molecule has 3 aromatic heterocycles. The Morgan fingerprint density at radius 2 is 2.04 bits per heavy atom. The van der Waals surface area contributed by atoms with E-state index >= 15 is 0 Å². The molecule has 0 bridgehead atoms. The molecule has 0 unspecified atom stereocenters. The standard InChI is InChI=1S/C17H14N6/c1-2-12(9-18-6-1)10-20-17-19-7-5-15(22-17)13-3-4-16-14(8-13)11-21-23-16/h1-9,11H,10H2,(H,21,23)(H,19,20,22). The van der Waals surface area contributed by atoms with Crippen LogP contribution in [0.5, 0.6) is 0 Å². The number of benzene rings is 1. The molecule has 0 aliphatic heterocycles. The van der Waals surface area contributed by atoms with E-state index in [9.17, 15) is 0 Å². The quantitative estimate of drug-likeness (QED) is 0.606. The number of rotatable bonds is 4. The Bertz CT molecular complexity index is 932. The van der Waals surface area contributed by atoms with Gasteiger partial charge in [-0.1, -0.05) is 12.1 Å². The van der Waals surface area contributed by atoms with E-state index in [1.54, 1.807) is 12.4 Å². The van der Waals surface area contributed by atoms with Gasteiger partial charge in [-0.2, -0.15) is 5.10 Å². The van der Waals surface area contributed by atoms with Crippen molar-refractivity contribution in [2.45, 2.75) is 6.54 Å². The third-order valence-electron chi connectivity index (χ3n) is 3.56. The van der Waals surface area contributed by atoms with Gasteiger partial charge in [0.1, 0.15) is 0 Å². The second-order valence-corrected chi connectivity index (χ2v) is 5.15. The van der Waals surface area contributed by atoms with Crippen LogP contribution in [0.15, 0.2) is 61.2 Å². The molecule has 4 aromatic rings. The predicted octanol–water partition coefficient (Wildman–Crippen LogP) is 3.03. The first kappa shape index (κ1) is 13.4. The van der Waals surface area contributed by atoms with E-state index in [1.165, 1.54) is 0 Å². The topological polar surface area (TPSA) is 79.4 Å². The summed E-state index contributed by atoms with van der Waals surface area (Å²) < 4.78 is 0. The number of H-pyrrole nitrogens is 1. The van der Waals surface area contributed by atoms with Crippen molar-refractivity contribution >= 4 is 16.9 Å². The molecule has 112 valence electrons. The van der Waals surface area contributed by atoms with Crippen LogP contribution in [0.2, 0.25) is 0 Å². The maximum atomic E-state index is 4.58. The first-order valence-corrected chi connectivity index (χ1v) is 7.28. The predicted molar refractivity (Wildman–Crippen MR) is 88.7 cm³/mol. The van der Waals surface area contributed by atoms with Crippen LogP contribution in [0, 0.1) is 0 Å². The maximum Gasteiger partial charge on any atom is 0.223 e. The van der Waals surface area contributed by atoms with Crippen LogP contribution in [0.25, 0.3) is 22.2 Å². The van der Waals surface area contributed by atoms with E-state index in [4.69, 9.17) is 0 Å². The summed E-state index contributed by atoms with van der Waals surface area (Å²) in [6.45, 7) is 0.637. The fourth-order valence-corrected chi connectivity index (χ4v) is 2.39. The summed E-state index contributed by atoms with van der Waals surface area (Å²) >= 11 is 0. The van der Waals surface area contributed by atoms with Gasteiger partial charge >= 0.3 is 0 Å². The summed E-state index contributed by atoms with van der Waals surface area (Å²) in [5.41, 5.74) is 4.00. The Hall–Kier alpha value is -3.28. The number of fused-ring (bicyclic) bond motifs is 1. The van der Waals surface area contributed by atoms with Crippen molar-refractivity contribution in [3.8, 4) is 11.3 Å². The molecular weight excluding hydrogens is 288 g/mol. The zero-order valence-corrected chi connectivity index (χ0v) is 12.3. The summed E-state index contributed by atoms with van der Waals surface area (Å²) in [5, 5.41) is 11.3. The Morgan fingerprint density at radius 3 is 2.96 bits per heavy atom. The van der Waals surface area contributed by atoms with Crippen LogP contribution in [0.4, 0.5) is 5.95 Å². The second kappa shape index (κ2) is 5.84. The van der Waals surface area contributed by atoms with Gasteiger partial charge in [-0.25, -0.2) is 9.97 Å². The van der Waals surface area contributed by atoms with Crippen LogP contribution in [0.1, 0.15) is 5.56 Å². The molecule has 0 aliphatic rings. The number of nitrogens with one attached hydrogen (secondary N) is 2. The van der Waals surface area contributed by atoms with Crippen molar-refractivity contribution < 1.29 is 0 Å². The molecule has 0 saturated heterocycles. The van der Waals surface area contributed by atoms with Gasteiger partial charge in [0.2, 0.25) is 5.95 Å². The minimum Gasteiger partial charge on any atom is -0.350 e.